The first-order valence-electron chi connectivity index (χ1n) is 22.7. The highest BCUT2D eigenvalue weighted by Gasteiger charge is 2.37. The van der Waals surface area contributed by atoms with Crippen LogP contribution in [0.15, 0.2) is 212 Å². The average Bonchev–Trinajstić information content (AvgIpc) is 3.56. The number of allylic oxidation sites excluding steroid dienone is 1. The van der Waals surface area contributed by atoms with E-state index in [1.54, 1.807) is 0 Å². The van der Waals surface area contributed by atoms with Crippen LogP contribution in [-0.4, -0.2) is 0 Å². The molecule has 2 nitrogen and oxygen atoms in total. The molecule has 0 amide bonds. The first-order valence-corrected chi connectivity index (χ1v) is 22.7. The molecule has 0 aliphatic heterocycles. The van der Waals surface area contributed by atoms with Gasteiger partial charge in [0.25, 0.3) is 0 Å². The van der Waals surface area contributed by atoms with Crippen molar-refractivity contribution < 1.29 is 0 Å². The van der Waals surface area contributed by atoms with Crippen molar-refractivity contribution in [2.24, 2.45) is 0 Å². The van der Waals surface area contributed by atoms with Crippen molar-refractivity contribution in [3.05, 3.63) is 235 Å². The molecule has 0 saturated heterocycles. The number of para-hydroxylation sites is 1. The maximum absolute atomic E-state index is 2.48. The van der Waals surface area contributed by atoms with Gasteiger partial charge in [0, 0.05) is 33.6 Å². The minimum atomic E-state index is -0.263. The minimum absolute atomic E-state index is 0.263. The summed E-state index contributed by atoms with van der Waals surface area (Å²) in [7, 11) is 0. The molecule has 306 valence electrons. The summed E-state index contributed by atoms with van der Waals surface area (Å²) in [6.45, 7) is 7.17. The third kappa shape index (κ3) is 6.08. The Morgan fingerprint density at radius 2 is 0.984 bits per heavy atom. The Labute approximate surface area is 376 Å². The lowest BCUT2D eigenvalue weighted by molar-refractivity contribution is 0.660. The van der Waals surface area contributed by atoms with Gasteiger partial charge in [-0.3, -0.25) is 0 Å². The highest BCUT2D eigenvalue weighted by Crippen LogP contribution is 2.54. The number of rotatable bonds is 7. The van der Waals surface area contributed by atoms with E-state index in [2.05, 4.69) is 249 Å². The zero-order valence-corrected chi connectivity index (χ0v) is 36.5. The number of hydrogen-bond donors (Lipinski definition) is 0. The molecule has 10 aromatic rings. The van der Waals surface area contributed by atoms with E-state index in [0.717, 1.165) is 29.2 Å². The van der Waals surface area contributed by atoms with Gasteiger partial charge in [-0.05, 0) is 144 Å². The first kappa shape index (κ1) is 38.0. The lowest BCUT2D eigenvalue weighted by Crippen LogP contribution is -2.18. The Kier molecular flexibility index (Phi) is 8.91. The van der Waals surface area contributed by atoms with Crippen molar-refractivity contribution in [1.29, 1.82) is 0 Å². The molecule has 10 aromatic carbocycles. The molecule has 1 atom stereocenters. The van der Waals surface area contributed by atoms with E-state index in [4.69, 9.17) is 0 Å². The summed E-state index contributed by atoms with van der Waals surface area (Å²) in [4.78, 5) is 4.96. The van der Waals surface area contributed by atoms with Gasteiger partial charge in [0.05, 0.1) is 11.4 Å². The van der Waals surface area contributed by atoms with E-state index in [1.807, 2.05) is 0 Å². The molecule has 2 heteroatoms. The Balaban J connectivity index is 1.01. The second-order valence-corrected chi connectivity index (χ2v) is 18.1. The van der Waals surface area contributed by atoms with Crippen LogP contribution in [0.1, 0.15) is 55.4 Å². The van der Waals surface area contributed by atoms with Crippen molar-refractivity contribution in [3.8, 4) is 22.3 Å². The first-order chi connectivity index (χ1) is 31.4. The highest BCUT2D eigenvalue weighted by molar-refractivity contribution is 6.14. The van der Waals surface area contributed by atoms with Crippen LogP contribution in [-0.2, 0) is 5.41 Å². The molecule has 64 heavy (non-hydrogen) atoms. The van der Waals surface area contributed by atoms with Crippen molar-refractivity contribution in [1.82, 2.24) is 0 Å². The summed E-state index contributed by atoms with van der Waals surface area (Å²) in [6.07, 6.45) is 5.66. The van der Waals surface area contributed by atoms with Crippen LogP contribution in [0.3, 0.4) is 0 Å². The van der Waals surface area contributed by atoms with Gasteiger partial charge in [0.2, 0.25) is 0 Å². The topological polar surface area (TPSA) is 6.48 Å². The smallest absolute Gasteiger partial charge is 0.0546 e. The molecule has 0 N–H and O–H groups in total. The predicted octanol–water partition coefficient (Wildman–Crippen LogP) is 17.6. The largest absolute Gasteiger partial charge is 0.310 e. The van der Waals surface area contributed by atoms with Gasteiger partial charge in [-0.1, -0.05) is 179 Å². The molecule has 0 saturated carbocycles. The third-order valence-corrected chi connectivity index (χ3v) is 14.0. The minimum Gasteiger partial charge on any atom is -0.310 e. The maximum atomic E-state index is 2.48. The summed E-state index contributed by atoms with van der Waals surface area (Å²) in [5, 5.41) is 7.48. The summed E-state index contributed by atoms with van der Waals surface area (Å²) >= 11 is 0. The maximum Gasteiger partial charge on any atom is 0.0546 e. The lowest BCUT2D eigenvalue weighted by atomic mass is 9.82. The monoisotopic (exact) mass is 820 g/mol. The fraction of sp³-hybridized carbons (Fsp3) is 0.0968. The second kappa shape index (κ2) is 15.0. The Morgan fingerprint density at radius 3 is 1.72 bits per heavy atom. The van der Waals surface area contributed by atoms with Gasteiger partial charge in [-0.15, -0.1) is 0 Å². The number of fused-ring (bicyclic) bond motifs is 8. The van der Waals surface area contributed by atoms with E-state index in [9.17, 15) is 0 Å². The third-order valence-electron chi connectivity index (χ3n) is 14.0. The van der Waals surface area contributed by atoms with Crippen molar-refractivity contribution in [2.45, 2.75) is 38.5 Å². The van der Waals surface area contributed by atoms with E-state index >= 15 is 0 Å². The lowest BCUT2D eigenvalue weighted by Gasteiger charge is -2.32. The van der Waals surface area contributed by atoms with Crippen LogP contribution in [0, 0.1) is 0 Å². The summed E-state index contributed by atoms with van der Waals surface area (Å²) < 4.78 is 0. The van der Waals surface area contributed by atoms with Crippen LogP contribution in [0.2, 0.25) is 0 Å². The fourth-order valence-electron chi connectivity index (χ4n) is 10.9. The second-order valence-electron chi connectivity index (χ2n) is 18.1. The molecule has 12 rings (SSSR count). The Bertz CT molecular complexity index is 3460. The molecule has 2 aliphatic rings. The van der Waals surface area contributed by atoms with Crippen LogP contribution >= 0.6 is 0 Å². The average molecular weight is 821 g/mol. The zero-order chi connectivity index (χ0) is 42.9. The van der Waals surface area contributed by atoms with E-state index in [-0.39, 0.29) is 5.41 Å². The quantitative estimate of drug-likeness (QED) is 0.148. The Hall–Kier alpha value is -7.68. The van der Waals surface area contributed by atoms with Crippen molar-refractivity contribution >= 4 is 72.5 Å². The van der Waals surface area contributed by atoms with Gasteiger partial charge in [0.15, 0.2) is 0 Å². The van der Waals surface area contributed by atoms with Crippen molar-refractivity contribution in [3.63, 3.8) is 0 Å². The standard InChI is InChI=1S/C62H48N2/c1-41-16-13-20-44-21-15-29-59(61(41)44)63(46-22-5-4-6-23-46)48-34-36-54-55-37-35-49(40-58(55)62(2,3)57(54)39-48)64(60-38-45-18-8-10-25-52(45)53-26-11-12-27-56(53)60)47-32-30-43(31-33-47)51-28-14-19-42-17-7-9-24-50(42)51/h4-15,17-41H,16H2,1-3H3. The summed E-state index contributed by atoms with van der Waals surface area (Å²) in [6, 6.07) is 76.5. The van der Waals surface area contributed by atoms with Gasteiger partial charge in [-0.25, -0.2) is 0 Å². The molecule has 0 radical (unpaired) electrons. The number of anilines is 6. The number of hydrogen-bond acceptors (Lipinski definition) is 2. The van der Waals surface area contributed by atoms with Crippen molar-refractivity contribution in [2.75, 3.05) is 9.80 Å². The Morgan fingerprint density at radius 1 is 0.422 bits per heavy atom. The van der Waals surface area contributed by atoms with Crippen LogP contribution < -0.4 is 9.80 Å². The summed E-state index contributed by atoms with van der Waals surface area (Å²) in [5.74, 6) is 0.424. The molecule has 1 unspecified atom stereocenters. The SMILES string of the molecule is CC1CC=Cc2cccc(N(c3ccccc3)c3ccc4c(c3)C(C)(C)c3cc(N(c5ccc(-c6cccc7ccccc67)cc5)c5cc6ccccc6c6ccccc56)ccc3-4)c21. The van der Waals surface area contributed by atoms with E-state index in [0.29, 0.717) is 5.92 Å². The molecular weight excluding hydrogens is 773 g/mol. The molecule has 0 spiro atoms. The molecule has 0 bridgehead atoms. The van der Waals surface area contributed by atoms with Gasteiger partial charge in [0.1, 0.15) is 0 Å². The fourth-order valence-corrected chi connectivity index (χ4v) is 10.9. The summed E-state index contributed by atoms with van der Waals surface area (Å²) in [5.41, 5.74) is 17.2. The molecule has 0 heterocycles. The molecule has 2 aliphatic carbocycles. The van der Waals surface area contributed by atoms with Crippen LogP contribution in [0.25, 0.3) is 60.6 Å². The normalized spacial score (nSPS) is 14.6. The zero-order valence-electron chi connectivity index (χ0n) is 36.5. The molecule has 0 fully saturated rings. The van der Waals surface area contributed by atoms with Crippen LogP contribution in [0.4, 0.5) is 34.1 Å². The highest BCUT2D eigenvalue weighted by atomic mass is 15.2. The van der Waals surface area contributed by atoms with Gasteiger partial charge >= 0.3 is 0 Å². The predicted molar refractivity (Wildman–Crippen MR) is 273 cm³/mol. The van der Waals surface area contributed by atoms with Crippen LogP contribution in [0.5, 0.6) is 0 Å². The number of nitrogens with zero attached hydrogens (tertiary/aromatic N) is 2. The van der Waals surface area contributed by atoms with E-state index < -0.39 is 0 Å². The van der Waals surface area contributed by atoms with E-state index in [1.165, 1.54) is 88.2 Å². The number of benzene rings is 10. The van der Waals surface area contributed by atoms with Gasteiger partial charge in [-0.2, -0.15) is 0 Å². The molecule has 0 aromatic heterocycles. The molecular formula is C62H48N2. The van der Waals surface area contributed by atoms with Gasteiger partial charge < -0.3 is 9.80 Å².